The van der Waals surface area contributed by atoms with E-state index in [-0.39, 0.29) is 5.82 Å². The number of hydrogen-bond acceptors (Lipinski definition) is 4. The summed E-state index contributed by atoms with van der Waals surface area (Å²) in [6.45, 7) is 0. The van der Waals surface area contributed by atoms with Gasteiger partial charge in [-0.3, -0.25) is 4.98 Å². The van der Waals surface area contributed by atoms with E-state index < -0.39 is 5.69 Å². The SMILES string of the molecule is Nc1[nH]c(=O)nc2c1cnn2-c1ccccc1. The molecule has 0 spiro atoms. The predicted octanol–water partition coefficient (Wildman–Crippen LogP) is 0.691. The Labute approximate surface area is 95.7 Å². The van der Waals surface area contributed by atoms with Gasteiger partial charge in [-0.15, -0.1) is 0 Å². The van der Waals surface area contributed by atoms with Gasteiger partial charge in [0.25, 0.3) is 0 Å². The van der Waals surface area contributed by atoms with Crippen molar-refractivity contribution in [1.82, 2.24) is 19.7 Å². The largest absolute Gasteiger partial charge is 0.384 e. The average Bonchev–Trinajstić information content (AvgIpc) is 2.74. The van der Waals surface area contributed by atoms with Crippen LogP contribution in [0.3, 0.4) is 0 Å². The van der Waals surface area contributed by atoms with Gasteiger partial charge in [0.2, 0.25) is 0 Å². The number of nitrogens with two attached hydrogens (primary N) is 1. The lowest BCUT2D eigenvalue weighted by atomic mass is 10.3. The minimum atomic E-state index is -0.479. The van der Waals surface area contributed by atoms with E-state index in [2.05, 4.69) is 15.1 Å². The van der Waals surface area contributed by atoms with Gasteiger partial charge in [-0.2, -0.15) is 10.1 Å². The molecule has 1 aromatic carbocycles. The Kier molecular flexibility index (Phi) is 1.94. The van der Waals surface area contributed by atoms with Gasteiger partial charge in [0, 0.05) is 0 Å². The highest BCUT2D eigenvalue weighted by atomic mass is 16.1. The molecule has 0 fully saturated rings. The highest BCUT2D eigenvalue weighted by Crippen LogP contribution is 2.17. The molecule has 0 bridgehead atoms. The molecule has 3 aromatic rings. The molecule has 2 aromatic heterocycles. The quantitative estimate of drug-likeness (QED) is 0.640. The van der Waals surface area contributed by atoms with Gasteiger partial charge in [-0.05, 0) is 12.1 Å². The summed E-state index contributed by atoms with van der Waals surface area (Å²) in [5.74, 6) is 0.280. The number of rotatable bonds is 1. The number of fused-ring (bicyclic) bond motifs is 1. The maximum absolute atomic E-state index is 11.3. The Balaban J connectivity index is 2.36. The molecule has 0 saturated carbocycles. The molecule has 6 nitrogen and oxygen atoms in total. The Morgan fingerprint density at radius 3 is 2.76 bits per heavy atom. The van der Waals surface area contributed by atoms with E-state index in [1.807, 2.05) is 30.3 Å². The molecule has 3 N–H and O–H groups in total. The third kappa shape index (κ3) is 1.46. The standard InChI is InChI=1S/C11H9N5O/c12-9-8-6-13-16(7-4-2-1-3-5-7)10(8)15-11(17)14-9/h1-6H,(H3,12,14,15,17). The molecule has 0 radical (unpaired) electrons. The zero-order valence-electron chi connectivity index (χ0n) is 8.79. The molecule has 2 heterocycles. The number of anilines is 1. The molecule has 3 rings (SSSR count). The van der Waals surface area contributed by atoms with Crippen molar-refractivity contribution in [3.63, 3.8) is 0 Å². The number of nitrogen functional groups attached to an aromatic ring is 1. The second-order valence-corrected chi connectivity index (χ2v) is 3.58. The second-order valence-electron chi connectivity index (χ2n) is 3.58. The number of aromatic amines is 1. The minimum absolute atomic E-state index is 0.280. The molecular weight excluding hydrogens is 218 g/mol. The first-order valence-electron chi connectivity index (χ1n) is 5.04. The van der Waals surface area contributed by atoms with Gasteiger partial charge in [-0.1, -0.05) is 18.2 Å². The van der Waals surface area contributed by atoms with Crippen molar-refractivity contribution >= 4 is 16.9 Å². The van der Waals surface area contributed by atoms with Gasteiger partial charge in [0.1, 0.15) is 5.82 Å². The van der Waals surface area contributed by atoms with E-state index in [1.54, 1.807) is 10.9 Å². The van der Waals surface area contributed by atoms with Crippen molar-refractivity contribution in [3.8, 4) is 5.69 Å². The summed E-state index contributed by atoms with van der Waals surface area (Å²) in [6.07, 6.45) is 1.58. The van der Waals surface area contributed by atoms with E-state index >= 15 is 0 Å². The Hall–Kier alpha value is -2.63. The molecule has 0 aliphatic heterocycles. The fourth-order valence-corrected chi connectivity index (χ4v) is 1.70. The first-order valence-corrected chi connectivity index (χ1v) is 5.04. The molecule has 0 aliphatic carbocycles. The topological polar surface area (TPSA) is 89.6 Å². The van der Waals surface area contributed by atoms with Crippen LogP contribution in [0, 0.1) is 0 Å². The maximum Gasteiger partial charge on any atom is 0.348 e. The van der Waals surface area contributed by atoms with Crippen LogP contribution in [0.15, 0.2) is 41.3 Å². The van der Waals surface area contributed by atoms with Crippen molar-refractivity contribution in [2.45, 2.75) is 0 Å². The lowest BCUT2D eigenvalue weighted by molar-refractivity contribution is 0.890. The van der Waals surface area contributed by atoms with Crippen LogP contribution in [0.4, 0.5) is 5.82 Å². The van der Waals surface area contributed by atoms with Gasteiger partial charge < -0.3 is 5.73 Å². The van der Waals surface area contributed by atoms with Gasteiger partial charge in [0.05, 0.1) is 17.3 Å². The van der Waals surface area contributed by atoms with E-state index in [9.17, 15) is 4.79 Å². The van der Waals surface area contributed by atoms with Gasteiger partial charge >= 0.3 is 5.69 Å². The van der Waals surface area contributed by atoms with Crippen LogP contribution in [0.1, 0.15) is 0 Å². The van der Waals surface area contributed by atoms with Crippen molar-refractivity contribution in [1.29, 1.82) is 0 Å². The third-order valence-electron chi connectivity index (χ3n) is 2.48. The van der Waals surface area contributed by atoms with Crippen LogP contribution >= 0.6 is 0 Å². The zero-order chi connectivity index (χ0) is 11.8. The summed E-state index contributed by atoms with van der Waals surface area (Å²) in [5.41, 5.74) is 6.51. The molecule has 0 atom stereocenters. The molecular formula is C11H9N5O. The Bertz CT molecular complexity index is 728. The van der Waals surface area contributed by atoms with E-state index in [0.29, 0.717) is 11.0 Å². The first-order chi connectivity index (χ1) is 8.25. The highest BCUT2D eigenvalue weighted by molar-refractivity contribution is 5.85. The molecule has 84 valence electrons. The van der Waals surface area contributed by atoms with Crippen LogP contribution < -0.4 is 11.4 Å². The normalized spacial score (nSPS) is 10.8. The Morgan fingerprint density at radius 1 is 1.24 bits per heavy atom. The summed E-state index contributed by atoms with van der Waals surface area (Å²) in [6, 6.07) is 9.44. The Morgan fingerprint density at radius 2 is 2.00 bits per heavy atom. The molecule has 0 amide bonds. The zero-order valence-corrected chi connectivity index (χ0v) is 8.79. The molecule has 0 saturated heterocycles. The van der Waals surface area contributed by atoms with E-state index in [1.165, 1.54) is 0 Å². The number of H-pyrrole nitrogens is 1. The van der Waals surface area contributed by atoms with Crippen LogP contribution in [-0.4, -0.2) is 19.7 Å². The van der Waals surface area contributed by atoms with Crippen molar-refractivity contribution in [2.24, 2.45) is 0 Å². The first kappa shape index (κ1) is 9.59. The number of para-hydroxylation sites is 1. The van der Waals surface area contributed by atoms with Gasteiger partial charge in [-0.25, -0.2) is 9.48 Å². The predicted molar refractivity (Wildman–Crippen MR) is 63.9 cm³/mol. The number of aromatic nitrogens is 4. The van der Waals surface area contributed by atoms with Crippen LogP contribution in [0.2, 0.25) is 0 Å². The van der Waals surface area contributed by atoms with Crippen molar-refractivity contribution < 1.29 is 0 Å². The smallest absolute Gasteiger partial charge is 0.348 e. The highest BCUT2D eigenvalue weighted by Gasteiger charge is 2.09. The lowest BCUT2D eigenvalue weighted by Crippen LogP contribution is -2.13. The monoisotopic (exact) mass is 227 g/mol. The van der Waals surface area contributed by atoms with Crippen molar-refractivity contribution in [3.05, 3.63) is 47.0 Å². The summed E-state index contributed by atoms with van der Waals surface area (Å²) >= 11 is 0. The average molecular weight is 227 g/mol. The number of benzene rings is 1. The minimum Gasteiger partial charge on any atom is -0.384 e. The number of hydrogen-bond donors (Lipinski definition) is 2. The summed E-state index contributed by atoms with van der Waals surface area (Å²) in [4.78, 5) is 17.6. The molecule has 0 aliphatic rings. The number of nitrogens with one attached hydrogen (secondary N) is 1. The van der Waals surface area contributed by atoms with Crippen LogP contribution in [0.5, 0.6) is 0 Å². The molecule has 17 heavy (non-hydrogen) atoms. The van der Waals surface area contributed by atoms with Crippen LogP contribution in [0.25, 0.3) is 16.7 Å². The fraction of sp³-hybridized carbons (Fsp3) is 0. The summed E-state index contributed by atoms with van der Waals surface area (Å²) in [5, 5.41) is 4.82. The fourth-order valence-electron chi connectivity index (χ4n) is 1.70. The van der Waals surface area contributed by atoms with Crippen LogP contribution in [-0.2, 0) is 0 Å². The van der Waals surface area contributed by atoms with Gasteiger partial charge in [0.15, 0.2) is 5.65 Å². The molecule has 6 heteroatoms. The third-order valence-corrected chi connectivity index (χ3v) is 2.48. The second kappa shape index (κ2) is 3.44. The number of nitrogens with zero attached hydrogens (tertiary/aromatic N) is 3. The van der Waals surface area contributed by atoms with E-state index in [4.69, 9.17) is 5.73 Å². The lowest BCUT2D eigenvalue weighted by Gasteiger charge is -2.01. The van der Waals surface area contributed by atoms with Crippen molar-refractivity contribution in [2.75, 3.05) is 5.73 Å². The van der Waals surface area contributed by atoms with E-state index in [0.717, 1.165) is 5.69 Å². The molecule has 0 unspecified atom stereocenters. The maximum atomic E-state index is 11.3. The summed E-state index contributed by atoms with van der Waals surface area (Å²) < 4.78 is 1.58. The summed E-state index contributed by atoms with van der Waals surface area (Å²) in [7, 11) is 0.